The van der Waals surface area contributed by atoms with Crippen molar-refractivity contribution in [1.29, 1.82) is 0 Å². The first-order chi connectivity index (χ1) is 8.66. The highest BCUT2D eigenvalue weighted by Crippen LogP contribution is 2.44. The zero-order chi connectivity index (χ0) is 12.7. The first-order valence-electron chi connectivity index (χ1n) is 6.52. The van der Waals surface area contributed by atoms with Crippen molar-refractivity contribution in [3.05, 3.63) is 33.8 Å². The molecule has 0 saturated heterocycles. The molecule has 0 bridgehead atoms. The van der Waals surface area contributed by atoms with Gasteiger partial charge in [-0.25, -0.2) is 8.78 Å². The van der Waals surface area contributed by atoms with E-state index >= 15 is 0 Å². The molecule has 0 radical (unpaired) electrons. The molecule has 0 amide bonds. The summed E-state index contributed by atoms with van der Waals surface area (Å²) in [5.74, 6) is 0.521. The molecule has 0 spiro atoms. The Kier molecular flexibility index (Phi) is 3.41. The van der Waals surface area contributed by atoms with E-state index in [1.54, 1.807) is 0 Å². The van der Waals surface area contributed by atoms with Crippen molar-refractivity contribution in [3.63, 3.8) is 0 Å². The molecule has 4 heteroatoms. The van der Waals surface area contributed by atoms with Crippen LogP contribution in [0.2, 0.25) is 0 Å². The van der Waals surface area contributed by atoms with Gasteiger partial charge in [0.1, 0.15) is 11.6 Å². The van der Waals surface area contributed by atoms with Gasteiger partial charge in [-0.05, 0) is 65.6 Å². The van der Waals surface area contributed by atoms with E-state index in [0.717, 1.165) is 11.8 Å². The van der Waals surface area contributed by atoms with Crippen LogP contribution in [0, 0.1) is 23.5 Å². The fourth-order valence-electron chi connectivity index (χ4n) is 2.58. The average Bonchev–Trinajstić information content (AvgIpc) is 3.21. The summed E-state index contributed by atoms with van der Waals surface area (Å²) in [4.78, 5) is 0. The molecule has 0 atom stereocenters. The molecule has 1 nitrogen and oxygen atoms in total. The van der Waals surface area contributed by atoms with Crippen LogP contribution in [0.5, 0.6) is 0 Å². The van der Waals surface area contributed by atoms with Crippen LogP contribution in [-0.2, 0) is 6.54 Å². The largest absolute Gasteiger partial charge is 0.309 e. The van der Waals surface area contributed by atoms with Gasteiger partial charge in [0.25, 0.3) is 0 Å². The maximum Gasteiger partial charge on any atom is 0.144 e. The molecule has 0 aromatic heterocycles. The summed E-state index contributed by atoms with van der Waals surface area (Å²) < 4.78 is 27.8. The van der Waals surface area contributed by atoms with Crippen molar-refractivity contribution in [2.75, 3.05) is 0 Å². The lowest BCUT2D eigenvalue weighted by Gasteiger charge is -2.18. The van der Waals surface area contributed by atoms with Crippen LogP contribution in [0.15, 0.2) is 16.6 Å². The zero-order valence-corrected chi connectivity index (χ0v) is 11.6. The first kappa shape index (κ1) is 12.5. The molecule has 1 N–H and O–H groups in total. The van der Waals surface area contributed by atoms with Crippen molar-refractivity contribution in [3.8, 4) is 0 Å². The number of hydrogen-bond acceptors (Lipinski definition) is 1. The summed E-state index contributed by atoms with van der Waals surface area (Å²) >= 11 is 3.10. The van der Waals surface area contributed by atoms with Gasteiger partial charge in [0.05, 0.1) is 4.47 Å². The molecule has 2 fully saturated rings. The molecule has 18 heavy (non-hydrogen) atoms. The minimum Gasteiger partial charge on any atom is -0.309 e. The lowest BCUT2D eigenvalue weighted by molar-refractivity contribution is 0.405. The van der Waals surface area contributed by atoms with Gasteiger partial charge in [0.2, 0.25) is 0 Å². The Hall–Kier alpha value is -0.480. The molecular formula is C14H16BrF2N. The minimum atomic E-state index is -0.479. The van der Waals surface area contributed by atoms with Crippen molar-refractivity contribution in [2.45, 2.75) is 38.3 Å². The van der Waals surface area contributed by atoms with Crippen LogP contribution < -0.4 is 5.32 Å². The smallest absolute Gasteiger partial charge is 0.144 e. The standard InChI is InChI=1S/C14H16BrF2N/c15-11-5-6-12(16)10(13(11)17)7-18-14(8-1-2-8)9-3-4-9/h5-6,8-9,14,18H,1-4,7H2. The molecule has 2 saturated carbocycles. The molecule has 98 valence electrons. The summed E-state index contributed by atoms with van der Waals surface area (Å²) in [5, 5.41) is 3.37. The van der Waals surface area contributed by atoms with Gasteiger partial charge in [-0.2, -0.15) is 0 Å². The van der Waals surface area contributed by atoms with Gasteiger partial charge >= 0.3 is 0 Å². The normalized spacial score (nSPS) is 19.6. The molecule has 2 aliphatic carbocycles. The minimum absolute atomic E-state index is 0.149. The molecule has 1 aromatic carbocycles. The Morgan fingerprint density at radius 1 is 1.17 bits per heavy atom. The van der Waals surface area contributed by atoms with E-state index in [4.69, 9.17) is 0 Å². The maximum atomic E-state index is 13.8. The van der Waals surface area contributed by atoms with E-state index in [-0.39, 0.29) is 12.1 Å². The monoisotopic (exact) mass is 315 g/mol. The predicted molar refractivity (Wildman–Crippen MR) is 70.1 cm³/mol. The summed E-state index contributed by atoms with van der Waals surface area (Å²) in [6.45, 7) is 0.286. The summed E-state index contributed by atoms with van der Waals surface area (Å²) in [6, 6.07) is 3.18. The highest BCUT2D eigenvalue weighted by Gasteiger charge is 2.41. The Labute approximate surface area is 114 Å². The Balaban J connectivity index is 1.70. The van der Waals surface area contributed by atoms with E-state index < -0.39 is 11.6 Å². The first-order valence-corrected chi connectivity index (χ1v) is 7.32. The third-order valence-corrected chi connectivity index (χ3v) is 4.53. The van der Waals surface area contributed by atoms with Gasteiger partial charge in [-0.1, -0.05) is 0 Å². The average molecular weight is 316 g/mol. The van der Waals surface area contributed by atoms with Gasteiger partial charge < -0.3 is 5.32 Å². The van der Waals surface area contributed by atoms with Crippen molar-refractivity contribution in [2.24, 2.45) is 11.8 Å². The van der Waals surface area contributed by atoms with Gasteiger partial charge in [0, 0.05) is 18.2 Å². The van der Waals surface area contributed by atoms with Crippen LogP contribution in [0.3, 0.4) is 0 Å². The van der Waals surface area contributed by atoms with Crippen LogP contribution in [0.1, 0.15) is 31.2 Å². The Morgan fingerprint density at radius 3 is 2.33 bits per heavy atom. The van der Waals surface area contributed by atoms with Crippen molar-refractivity contribution in [1.82, 2.24) is 5.32 Å². The summed E-state index contributed by atoms with van der Waals surface area (Å²) in [5.41, 5.74) is 0.149. The van der Waals surface area contributed by atoms with E-state index in [9.17, 15) is 8.78 Å². The molecule has 1 aromatic rings. The van der Waals surface area contributed by atoms with E-state index in [0.29, 0.717) is 10.5 Å². The van der Waals surface area contributed by atoms with Crippen LogP contribution in [0.25, 0.3) is 0 Å². The number of hydrogen-bond donors (Lipinski definition) is 1. The third kappa shape index (κ3) is 2.59. The van der Waals surface area contributed by atoms with Crippen molar-refractivity contribution < 1.29 is 8.78 Å². The van der Waals surface area contributed by atoms with Gasteiger partial charge in [-0.15, -0.1) is 0 Å². The second-order valence-electron chi connectivity index (χ2n) is 5.40. The third-order valence-electron chi connectivity index (χ3n) is 3.91. The van der Waals surface area contributed by atoms with E-state index in [2.05, 4.69) is 21.2 Å². The number of nitrogens with one attached hydrogen (secondary N) is 1. The molecule has 0 heterocycles. The highest BCUT2D eigenvalue weighted by molar-refractivity contribution is 9.10. The second kappa shape index (κ2) is 4.89. The van der Waals surface area contributed by atoms with E-state index in [1.807, 2.05) is 0 Å². The van der Waals surface area contributed by atoms with Crippen LogP contribution in [-0.4, -0.2) is 6.04 Å². The maximum absolute atomic E-state index is 13.8. The molecular weight excluding hydrogens is 300 g/mol. The highest BCUT2D eigenvalue weighted by atomic mass is 79.9. The quantitative estimate of drug-likeness (QED) is 0.810. The van der Waals surface area contributed by atoms with Crippen LogP contribution >= 0.6 is 15.9 Å². The van der Waals surface area contributed by atoms with Gasteiger partial charge in [0.15, 0.2) is 0 Å². The van der Waals surface area contributed by atoms with E-state index in [1.165, 1.54) is 37.8 Å². The topological polar surface area (TPSA) is 12.0 Å². The summed E-state index contributed by atoms with van der Waals surface area (Å²) in [6.07, 6.45) is 5.05. The molecule has 3 rings (SSSR count). The SMILES string of the molecule is Fc1ccc(Br)c(F)c1CNC(C1CC1)C1CC1. The lowest BCUT2D eigenvalue weighted by Crippen LogP contribution is -2.33. The molecule has 2 aliphatic rings. The Bertz CT molecular complexity index is 443. The number of halogens is 3. The zero-order valence-electron chi connectivity index (χ0n) is 10.1. The molecule has 0 unspecified atom stereocenters. The predicted octanol–water partition coefficient (Wildman–Crippen LogP) is 4.01. The Morgan fingerprint density at radius 2 is 1.78 bits per heavy atom. The van der Waals surface area contributed by atoms with Gasteiger partial charge in [-0.3, -0.25) is 0 Å². The second-order valence-corrected chi connectivity index (χ2v) is 6.26. The number of benzene rings is 1. The lowest BCUT2D eigenvalue weighted by atomic mass is 10.1. The van der Waals surface area contributed by atoms with Crippen LogP contribution in [0.4, 0.5) is 8.78 Å². The fourth-order valence-corrected chi connectivity index (χ4v) is 2.95. The van der Waals surface area contributed by atoms with Crippen molar-refractivity contribution >= 4 is 15.9 Å². The fraction of sp³-hybridized carbons (Fsp3) is 0.571. The number of rotatable bonds is 5. The molecule has 0 aliphatic heterocycles. The summed E-state index contributed by atoms with van der Waals surface area (Å²) in [7, 11) is 0.